The number of pyridine rings is 1. The van der Waals surface area contributed by atoms with E-state index in [1.165, 1.54) is 0 Å². The smallest absolute Gasteiger partial charge is 0.254 e. The normalized spacial score (nSPS) is 18.0. The fraction of sp³-hybridized carbons (Fsp3) is 0.486. The van der Waals surface area contributed by atoms with Crippen molar-refractivity contribution in [2.24, 2.45) is 0 Å². The Morgan fingerprint density at radius 1 is 1.17 bits per heavy atom. The highest BCUT2D eigenvalue weighted by atomic mass is 16.7. The number of ether oxygens (including phenoxy) is 2. The first kappa shape index (κ1) is 30.0. The summed E-state index contributed by atoms with van der Waals surface area (Å²) >= 11 is 0. The predicted octanol–water partition coefficient (Wildman–Crippen LogP) is 6.63. The van der Waals surface area contributed by atoms with Crippen LogP contribution in [0.25, 0.3) is 22.0 Å². The Kier molecular flexibility index (Phi) is 9.47. The van der Waals surface area contributed by atoms with Gasteiger partial charge in [0.15, 0.2) is 6.29 Å². The summed E-state index contributed by atoms with van der Waals surface area (Å²) in [4.78, 5) is 20.3. The molecule has 2 aliphatic rings. The molecule has 0 spiro atoms. The summed E-state index contributed by atoms with van der Waals surface area (Å²) in [6.07, 6.45) is 4.56. The highest BCUT2D eigenvalue weighted by Crippen LogP contribution is 2.34. The quantitative estimate of drug-likeness (QED) is 0.246. The molecule has 1 amide bonds. The zero-order valence-corrected chi connectivity index (χ0v) is 25.3. The van der Waals surface area contributed by atoms with E-state index in [0.29, 0.717) is 24.4 Å². The molecule has 2 unspecified atom stereocenters. The second-order valence-electron chi connectivity index (χ2n) is 12.3. The summed E-state index contributed by atoms with van der Waals surface area (Å²) in [5.41, 5.74) is 4.83. The lowest BCUT2D eigenvalue weighted by atomic mass is 9.93. The van der Waals surface area contributed by atoms with Crippen LogP contribution < -0.4 is 5.32 Å². The second-order valence-corrected chi connectivity index (χ2v) is 12.3. The van der Waals surface area contributed by atoms with E-state index in [4.69, 9.17) is 14.5 Å². The van der Waals surface area contributed by atoms with Gasteiger partial charge in [-0.3, -0.25) is 4.79 Å². The molecule has 222 valence electrons. The average Bonchev–Trinajstić information content (AvgIpc) is 3.51. The van der Waals surface area contributed by atoms with Crippen molar-refractivity contribution in [3.63, 3.8) is 0 Å². The number of hydrogen-bond acceptors (Lipinski definition) is 6. The van der Waals surface area contributed by atoms with Crippen LogP contribution in [0.3, 0.4) is 0 Å². The number of benzene rings is 2. The van der Waals surface area contributed by atoms with Gasteiger partial charge in [0.1, 0.15) is 11.9 Å². The monoisotopic (exact) mass is 569 g/mol. The van der Waals surface area contributed by atoms with E-state index in [0.717, 1.165) is 85.0 Å². The Labute approximate surface area is 249 Å². The van der Waals surface area contributed by atoms with Crippen LogP contribution in [0.2, 0.25) is 0 Å². The number of nitrogens with zero attached hydrogens (tertiary/aromatic N) is 2. The summed E-state index contributed by atoms with van der Waals surface area (Å²) < 4.78 is 11.4. The fourth-order valence-electron chi connectivity index (χ4n) is 5.66. The summed E-state index contributed by atoms with van der Waals surface area (Å²) in [6.45, 7) is 11.0. The third-order valence-corrected chi connectivity index (χ3v) is 7.72. The Bertz CT molecular complexity index is 1470. The first-order valence-corrected chi connectivity index (χ1v) is 15.2. The second kappa shape index (κ2) is 13.2. The van der Waals surface area contributed by atoms with Gasteiger partial charge in [0.2, 0.25) is 0 Å². The molecule has 3 heterocycles. The van der Waals surface area contributed by atoms with Gasteiger partial charge in [-0.15, -0.1) is 0 Å². The molecular formula is C35H43N3O4. The number of aliphatic hydroxyl groups excluding tert-OH is 1. The van der Waals surface area contributed by atoms with Gasteiger partial charge in [-0.1, -0.05) is 30.0 Å². The number of amides is 1. The first-order valence-electron chi connectivity index (χ1n) is 15.2. The molecule has 2 N–H and O–H groups in total. The number of anilines is 1. The van der Waals surface area contributed by atoms with Crippen molar-refractivity contribution >= 4 is 22.6 Å². The molecule has 7 heteroatoms. The van der Waals surface area contributed by atoms with Crippen LogP contribution in [0.15, 0.2) is 42.5 Å². The molecule has 0 saturated carbocycles. The maximum Gasteiger partial charge on any atom is 0.254 e. The van der Waals surface area contributed by atoms with Gasteiger partial charge in [0.25, 0.3) is 5.91 Å². The number of aromatic nitrogens is 1. The lowest BCUT2D eigenvalue weighted by Gasteiger charge is -2.24. The Hall–Kier alpha value is -3.44. The van der Waals surface area contributed by atoms with E-state index in [9.17, 15) is 9.90 Å². The summed E-state index contributed by atoms with van der Waals surface area (Å²) in [5.74, 6) is 6.76. The van der Waals surface area contributed by atoms with E-state index in [-0.39, 0.29) is 17.7 Å². The molecule has 2 saturated heterocycles. The van der Waals surface area contributed by atoms with Crippen LogP contribution in [0.1, 0.15) is 86.9 Å². The highest BCUT2D eigenvalue weighted by molar-refractivity contribution is 6.02. The molecule has 5 rings (SSSR count). The van der Waals surface area contributed by atoms with Crippen molar-refractivity contribution in [3.8, 4) is 23.0 Å². The molecule has 2 atom stereocenters. The van der Waals surface area contributed by atoms with Gasteiger partial charge in [-0.2, -0.15) is 0 Å². The molecule has 7 nitrogen and oxygen atoms in total. The third kappa shape index (κ3) is 7.30. The number of likely N-dealkylation sites (tertiary alicyclic amines) is 1. The largest absolute Gasteiger partial charge is 0.376 e. The van der Waals surface area contributed by atoms with Crippen LogP contribution in [0, 0.1) is 18.8 Å². The van der Waals surface area contributed by atoms with E-state index in [1.807, 2.05) is 48.2 Å². The minimum absolute atomic E-state index is 0.0829. The van der Waals surface area contributed by atoms with Crippen LogP contribution in [-0.2, 0) is 9.47 Å². The van der Waals surface area contributed by atoms with E-state index in [2.05, 4.69) is 44.0 Å². The highest BCUT2D eigenvalue weighted by Gasteiger charge is 2.24. The summed E-state index contributed by atoms with van der Waals surface area (Å²) in [7, 11) is 0. The number of aryl methyl sites for hydroxylation is 1. The lowest BCUT2D eigenvalue weighted by molar-refractivity contribution is -0.161. The number of carbonyl (C=O) groups excluding carboxylic acids is 1. The van der Waals surface area contributed by atoms with E-state index >= 15 is 0 Å². The van der Waals surface area contributed by atoms with Crippen LogP contribution >= 0.6 is 0 Å². The molecule has 3 aromatic rings. The van der Waals surface area contributed by atoms with Gasteiger partial charge in [-0.25, -0.2) is 4.98 Å². The van der Waals surface area contributed by atoms with Crippen molar-refractivity contribution in [2.45, 2.75) is 84.2 Å². The van der Waals surface area contributed by atoms with Gasteiger partial charge < -0.3 is 24.8 Å². The number of hydrogen-bond donors (Lipinski definition) is 2. The number of nitrogens with one attached hydrogen (secondary N) is 1. The number of aliphatic hydroxyl groups is 1. The molecule has 0 radical (unpaired) electrons. The summed E-state index contributed by atoms with van der Waals surface area (Å²) in [5, 5.41) is 15.5. The van der Waals surface area contributed by atoms with Crippen molar-refractivity contribution in [1.29, 1.82) is 0 Å². The van der Waals surface area contributed by atoms with Crippen molar-refractivity contribution < 1.29 is 19.4 Å². The van der Waals surface area contributed by atoms with Gasteiger partial charge in [-0.05, 0) is 101 Å². The molecule has 42 heavy (non-hydrogen) atoms. The third-order valence-electron chi connectivity index (χ3n) is 7.72. The minimum Gasteiger partial charge on any atom is -0.376 e. The molecule has 2 aromatic carbocycles. The molecule has 2 aliphatic heterocycles. The maximum atomic E-state index is 13.5. The number of fused-ring (bicyclic) bond motifs is 1. The van der Waals surface area contributed by atoms with Gasteiger partial charge in [0.05, 0.1) is 12.1 Å². The number of rotatable bonds is 7. The van der Waals surface area contributed by atoms with Crippen LogP contribution in [0.4, 0.5) is 5.82 Å². The van der Waals surface area contributed by atoms with Crippen molar-refractivity contribution in [2.75, 3.05) is 31.6 Å². The first-order chi connectivity index (χ1) is 20.2. The zero-order chi connectivity index (χ0) is 29.7. The topological polar surface area (TPSA) is 83.9 Å². The van der Waals surface area contributed by atoms with Gasteiger partial charge >= 0.3 is 0 Å². The fourth-order valence-corrected chi connectivity index (χ4v) is 5.66. The Morgan fingerprint density at radius 2 is 1.98 bits per heavy atom. The van der Waals surface area contributed by atoms with Crippen LogP contribution in [0.5, 0.6) is 0 Å². The Morgan fingerprint density at radius 3 is 2.71 bits per heavy atom. The van der Waals surface area contributed by atoms with E-state index < -0.39 is 6.10 Å². The molecule has 1 aromatic heterocycles. The summed E-state index contributed by atoms with van der Waals surface area (Å²) in [6, 6.07) is 14.0. The molecule has 2 fully saturated rings. The Balaban J connectivity index is 1.44. The standard InChI is InChI=1S/C35H43N3O4/c1-24-12-11-13-27(34(40)38-18-7-8-19-38)32(24)25-16-17-29-26(22-25)23-28(33(36-29)37-35(2,3)4)30(39)14-5-9-20-41-31-15-6-10-21-42-31/h11-13,16-17,22-23,30-31,39H,6-10,15,18-21H2,1-4H3,(H,36,37). The van der Waals surface area contributed by atoms with Crippen molar-refractivity contribution in [1.82, 2.24) is 9.88 Å². The van der Waals surface area contributed by atoms with E-state index in [1.54, 1.807) is 0 Å². The van der Waals surface area contributed by atoms with Gasteiger partial charge in [0, 0.05) is 48.2 Å². The SMILES string of the molecule is Cc1cccc(C(=O)N2CCCC2)c1-c1ccc2nc(NC(C)(C)C)c(C(O)C#CCCOC3CCCCO3)cc2c1. The average molecular weight is 570 g/mol. The minimum atomic E-state index is -1.02. The predicted molar refractivity (Wildman–Crippen MR) is 167 cm³/mol. The van der Waals surface area contributed by atoms with Crippen molar-refractivity contribution in [3.05, 3.63) is 59.2 Å². The molecular weight excluding hydrogens is 526 g/mol. The maximum absolute atomic E-state index is 13.5. The number of carbonyl (C=O) groups is 1. The molecule has 0 aliphatic carbocycles. The molecule has 0 bridgehead atoms. The lowest BCUT2D eigenvalue weighted by Crippen LogP contribution is -2.28. The van der Waals surface area contributed by atoms with Crippen LogP contribution in [-0.4, -0.2) is 59.0 Å². The zero-order valence-electron chi connectivity index (χ0n) is 25.3.